The van der Waals surface area contributed by atoms with Gasteiger partial charge >= 0.3 is 0 Å². The topological polar surface area (TPSA) is 92.9 Å². The SMILES string of the molecule is CN1CC(c2ccc(F)cc2)C2(CCCN(C(=O)C(CCC3CCOCC3)CC(=O)C(C)(C)N)C2)C1=O. The van der Waals surface area contributed by atoms with Crippen LogP contribution in [0.4, 0.5) is 4.39 Å². The van der Waals surface area contributed by atoms with Gasteiger partial charge in [-0.1, -0.05) is 12.1 Å². The maximum Gasteiger partial charge on any atom is 0.231 e. The van der Waals surface area contributed by atoms with Crippen LogP contribution in [0.5, 0.6) is 0 Å². The van der Waals surface area contributed by atoms with Crippen molar-refractivity contribution in [2.24, 2.45) is 23.0 Å². The van der Waals surface area contributed by atoms with Crippen molar-refractivity contribution in [3.8, 4) is 0 Å². The van der Waals surface area contributed by atoms with Gasteiger partial charge in [0.1, 0.15) is 5.82 Å². The molecule has 2 amide bonds. The van der Waals surface area contributed by atoms with E-state index in [0.717, 1.165) is 38.0 Å². The number of ether oxygens (including phenoxy) is 1. The molecular weight excluding hydrogens is 473 g/mol. The summed E-state index contributed by atoms with van der Waals surface area (Å²) in [4.78, 5) is 44.0. The Balaban J connectivity index is 1.55. The zero-order chi connectivity index (χ0) is 26.8. The Morgan fingerprint density at radius 1 is 1.22 bits per heavy atom. The number of nitrogens with zero attached hydrogens (tertiary/aromatic N) is 2. The van der Waals surface area contributed by atoms with Gasteiger partial charge in [-0.25, -0.2) is 4.39 Å². The van der Waals surface area contributed by atoms with Gasteiger partial charge in [0.2, 0.25) is 11.8 Å². The lowest BCUT2D eigenvalue weighted by Crippen LogP contribution is -2.53. The fourth-order valence-corrected chi connectivity index (χ4v) is 6.44. The minimum Gasteiger partial charge on any atom is -0.381 e. The van der Waals surface area contributed by atoms with E-state index >= 15 is 0 Å². The third kappa shape index (κ3) is 6.06. The van der Waals surface area contributed by atoms with E-state index in [1.807, 2.05) is 4.90 Å². The van der Waals surface area contributed by atoms with Gasteiger partial charge < -0.3 is 20.3 Å². The molecule has 0 saturated carbocycles. The standard InChI is InChI=1S/C29H42FN3O4/c1-28(2,31)25(34)17-22(6-5-20-11-15-37-16-12-20)26(35)33-14-4-13-29(19-33)24(18-32(3)27(29)36)21-7-9-23(30)10-8-21/h7-10,20,22,24H,4-6,11-19,31H2,1-3H3. The molecule has 3 saturated heterocycles. The number of piperidine rings is 1. The summed E-state index contributed by atoms with van der Waals surface area (Å²) < 4.78 is 19.1. The van der Waals surface area contributed by atoms with Crippen molar-refractivity contribution in [3.05, 3.63) is 35.6 Å². The summed E-state index contributed by atoms with van der Waals surface area (Å²) in [5.41, 5.74) is 5.28. The number of hydrogen-bond donors (Lipinski definition) is 1. The van der Waals surface area contributed by atoms with Crippen LogP contribution >= 0.6 is 0 Å². The first-order valence-corrected chi connectivity index (χ1v) is 13.7. The van der Waals surface area contributed by atoms with E-state index < -0.39 is 16.9 Å². The minimum absolute atomic E-state index is 0.0391. The summed E-state index contributed by atoms with van der Waals surface area (Å²) in [5, 5.41) is 0. The maximum absolute atomic E-state index is 14.0. The van der Waals surface area contributed by atoms with Gasteiger partial charge in [-0.2, -0.15) is 0 Å². The normalized spacial score (nSPS) is 26.1. The van der Waals surface area contributed by atoms with Crippen molar-refractivity contribution >= 4 is 17.6 Å². The molecule has 1 spiro atoms. The second-order valence-corrected chi connectivity index (χ2v) is 12.0. The van der Waals surface area contributed by atoms with Gasteiger partial charge in [0, 0.05) is 58.2 Å². The lowest BCUT2D eigenvalue weighted by Gasteiger charge is -2.43. The highest BCUT2D eigenvalue weighted by molar-refractivity contribution is 5.92. The Morgan fingerprint density at radius 3 is 2.54 bits per heavy atom. The molecule has 2 N–H and O–H groups in total. The molecule has 3 heterocycles. The van der Waals surface area contributed by atoms with Crippen LogP contribution < -0.4 is 5.73 Å². The van der Waals surface area contributed by atoms with Crippen LogP contribution in [-0.4, -0.2) is 72.8 Å². The van der Waals surface area contributed by atoms with Crippen molar-refractivity contribution in [1.82, 2.24) is 9.80 Å². The number of likely N-dealkylation sites (N-methyl/N-ethyl adjacent to an activating group) is 1. The predicted octanol–water partition coefficient (Wildman–Crippen LogP) is 3.51. The number of nitrogens with two attached hydrogens (primary N) is 1. The Bertz CT molecular complexity index is 986. The number of hydrogen-bond acceptors (Lipinski definition) is 5. The van der Waals surface area contributed by atoms with Crippen LogP contribution in [0, 0.1) is 23.1 Å². The number of ketones is 1. The molecule has 3 unspecified atom stereocenters. The number of likely N-dealkylation sites (tertiary alicyclic amines) is 2. The van der Waals surface area contributed by atoms with Gasteiger partial charge in [-0.05, 0) is 76.0 Å². The third-order valence-corrected chi connectivity index (χ3v) is 8.77. The Morgan fingerprint density at radius 2 is 1.89 bits per heavy atom. The molecule has 4 rings (SSSR count). The molecule has 0 bridgehead atoms. The molecule has 1 aromatic carbocycles. The summed E-state index contributed by atoms with van der Waals surface area (Å²) in [6, 6.07) is 6.38. The molecule has 0 aromatic heterocycles. The monoisotopic (exact) mass is 515 g/mol. The second kappa shape index (κ2) is 11.2. The number of halogens is 1. The van der Waals surface area contributed by atoms with Crippen LogP contribution in [0.1, 0.15) is 70.3 Å². The summed E-state index contributed by atoms with van der Waals surface area (Å²) in [5.74, 6) is -0.522. The van der Waals surface area contributed by atoms with Crippen LogP contribution in [0.15, 0.2) is 24.3 Å². The van der Waals surface area contributed by atoms with E-state index in [1.165, 1.54) is 12.1 Å². The lowest BCUT2D eigenvalue weighted by molar-refractivity contribution is -0.147. The van der Waals surface area contributed by atoms with E-state index in [2.05, 4.69) is 0 Å². The largest absolute Gasteiger partial charge is 0.381 e. The Hall–Kier alpha value is -2.32. The molecule has 3 aliphatic rings. The van der Waals surface area contributed by atoms with Gasteiger partial charge in [0.05, 0.1) is 11.0 Å². The number of carbonyl (C=O) groups excluding carboxylic acids is 3. The average Bonchev–Trinajstić information content (AvgIpc) is 3.11. The lowest BCUT2D eigenvalue weighted by atomic mass is 9.68. The maximum atomic E-state index is 14.0. The number of carbonyl (C=O) groups is 3. The zero-order valence-electron chi connectivity index (χ0n) is 22.5. The van der Waals surface area contributed by atoms with Crippen molar-refractivity contribution in [1.29, 1.82) is 0 Å². The first kappa shape index (κ1) is 27.7. The highest BCUT2D eigenvalue weighted by Crippen LogP contribution is 2.49. The fraction of sp³-hybridized carbons (Fsp3) is 0.690. The molecule has 3 fully saturated rings. The van der Waals surface area contributed by atoms with E-state index in [4.69, 9.17) is 10.5 Å². The van der Waals surface area contributed by atoms with Crippen LogP contribution in [0.25, 0.3) is 0 Å². The summed E-state index contributed by atoms with van der Waals surface area (Å²) >= 11 is 0. The molecule has 37 heavy (non-hydrogen) atoms. The Labute approximate surface area is 219 Å². The quantitative estimate of drug-likeness (QED) is 0.572. The molecule has 0 aliphatic carbocycles. The summed E-state index contributed by atoms with van der Waals surface area (Å²) in [7, 11) is 1.80. The second-order valence-electron chi connectivity index (χ2n) is 12.0. The number of amides is 2. The van der Waals surface area contributed by atoms with Crippen molar-refractivity contribution in [2.45, 2.75) is 70.3 Å². The highest BCUT2D eigenvalue weighted by Gasteiger charge is 2.55. The molecule has 1 aromatic rings. The minimum atomic E-state index is -1.00. The molecular formula is C29H42FN3O4. The van der Waals surface area contributed by atoms with Crippen LogP contribution in [0.2, 0.25) is 0 Å². The van der Waals surface area contributed by atoms with E-state index in [0.29, 0.717) is 44.8 Å². The van der Waals surface area contributed by atoms with Gasteiger partial charge in [-0.3, -0.25) is 14.4 Å². The third-order valence-electron chi connectivity index (χ3n) is 8.77. The van der Waals surface area contributed by atoms with Crippen LogP contribution in [0.3, 0.4) is 0 Å². The molecule has 7 nitrogen and oxygen atoms in total. The number of benzene rings is 1. The molecule has 3 aliphatic heterocycles. The van der Waals surface area contributed by atoms with Crippen molar-refractivity contribution in [2.75, 3.05) is 39.9 Å². The van der Waals surface area contributed by atoms with Crippen LogP contribution in [-0.2, 0) is 19.1 Å². The van der Waals surface area contributed by atoms with E-state index in [1.54, 1.807) is 37.9 Å². The van der Waals surface area contributed by atoms with E-state index in [9.17, 15) is 18.8 Å². The van der Waals surface area contributed by atoms with E-state index in [-0.39, 0.29) is 35.8 Å². The summed E-state index contributed by atoms with van der Waals surface area (Å²) in [6.45, 7) is 6.30. The predicted molar refractivity (Wildman–Crippen MR) is 139 cm³/mol. The average molecular weight is 516 g/mol. The van der Waals surface area contributed by atoms with Gasteiger partial charge in [-0.15, -0.1) is 0 Å². The molecule has 0 radical (unpaired) electrons. The zero-order valence-corrected chi connectivity index (χ0v) is 22.5. The molecule has 204 valence electrons. The molecule has 8 heteroatoms. The highest BCUT2D eigenvalue weighted by atomic mass is 19.1. The van der Waals surface area contributed by atoms with Gasteiger partial charge in [0.25, 0.3) is 0 Å². The first-order chi connectivity index (χ1) is 17.5. The smallest absolute Gasteiger partial charge is 0.231 e. The summed E-state index contributed by atoms with van der Waals surface area (Å²) in [6.07, 6.45) is 4.97. The molecule has 3 atom stereocenters. The van der Waals surface area contributed by atoms with Gasteiger partial charge in [0.15, 0.2) is 5.78 Å². The van der Waals surface area contributed by atoms with Crippen molar-refractivity contribution < 1.29 is 23.5 Å². The Kier molecular flexibility index (Phi) is 8.38. The number of Topliss-reactive ketones (excluding diaryl/α,β-unsaturated/α-hetero) is 1. The van der Waals surface area contributed by atoms with Crippen molar-refractivity contribution in [3.63, 3.8) is 0 Å². The first-order valence-electron chi connectivity index (χ1n) is 13.7. The fourth-order valence-electron chi connectivity index (χ4n) is 6.44. The number of rotatable bonds is 8.